The standard InChI is InChI=1S/C17H21N3O2/c1-2-22-17(21)13-11-14(19-16(13)18)12-7-3-4-8-15(12)20-9-5-6-10-20/h3-4,7-8,11,19H,2,5-6,9-10,18H2,1H3. The van der Waals surface area contributed by atoms with Crippen molar-refractivity contribution in [1.29, 1.82) is 0 Å². The van der Waals surface area contributed by atoms with E-state index < -0.39 is 0 Å². The van der Waals surface area contributed by atoms with E-state index in [0.717, 1.165) is 24.3 Å². The summed E-state index contributed by atoms with van der Waals surface area (Å²) in [6.07, 6.45) is 2.44. The third kappa shape index (κ3) is 2.66. The van der Waals surface area contributed by atoms with Crippen LogP contribution in [0.2, 0.25) is 0 Å². The number of carbonyl (C=O) groups excluding carboxylic acids is 1. The number of esters is 1. The number of aromatic amines is 1. The first-order chi connectivity index (χ1) is 10.7. The van der Waals surface area contributed by atoms with Gasteiger partial charge in [0, 0.05) is 30.0 Å². The lowest BCUT2D eigenvalue weighted by Gasteiger charge is -2.20. The topological polar surface area (TPSA) is 71.3 Å². The molecule has 1 aromatic carbocycles. The molecular weight excluding hydrogens is 278 g/mol. The van der Waals surface area contributed by atoms with E-state index in [1.807, 2.05) is 18.2 Å². The number of carbonyl (C=O) groups is 1. The molecular formula is C17H21N3O2. The molecule has 22 heavy (non-hydrogen) atoms. The number of hydrogen-bond acceptors (Lipinski definition) is 4. The number of anilines is 2. The molecule has 1 fully saturated rings. The first kappa shape index (κ1) is 14.5. The summed E-state index contributed by atoms with van der Waals surface area (Å²) in [6, 6.07) is 9.98. The Kier molecular flexibility index (Phi) is 4.04. The summed E-state index contributed by atoms with van der Waals surface area (Å²) in [5.41, 5.74) is 9.43. The summed E-state index contributed by atoms with van der Waals surface area (Å²) in [5.74, 6) is -0.0363. The lowest BCUT2D eigenvalue weighted by Crippen LogP contribution is -2.18. The van der Waals surface area contributed by atoms with Crippen molar-refractivity contribution < 1.29 is 9.53 Å². The third-order valence-corrected chi connectivity index (χ3v) is 3.98. The predicted octanol–water partition coefficient (Wildman–Crippen LogP) is 3.04. The van der Waals surface area contributed by atoms with E-state index in [9.17, 15) is 4.79 Å². The summed E-state index contributed by atoms with van der Waals surface area (Å²) in [6.45, 7) is 4.25. The lowest BCUT2D eigenvalue weighted by atomic mass is 10.1. The molecule has 0 atom stereocenters. The molecule has 5 nitrogen and oxygen atoms in total. The third-order valence-electron chi connectivity index (χ3n) is 3.98. The Bertz CT molecular complexity index is 672. The van der Waals surface area contributed by atoms with Crippen molar-refractivity contribution >= 4 is 17.5 Å². The van der Waals surface area contributed by atoms with Gasteiger partial charge in [-0.25, -0.2) is 4.79 Å². The molecule has 1 saturated heterocycles. The number of benzene rings is 1. The molecule has 1 aliphatic rings. The highest BCUT2D eigenvalue weighted by molar-refractivity contribution is 5.97. The van der Waals surface area contributed by atoms with Crippen molar-refractivity contribution in [3.8, 4) is 11.3 Å². The van der Waals surface area contributed by atoms with Crippen LogP contribution < -0.4 is 10.6 Å². The summed E-state index contributed by atoms with van der Waals surface area (Å²) >= 11 is 0. The number of nitrogens with one attached hydrogen (secondary N) is 1. The number of nitrogens with two attached hydrogens (primary N) is 1. The first-order valence-corrected chi connectivity index (χ1v) is 7.70. The number of para-hydroxylation sites is 1. The van der Waals surface area contributed by atoms with Gasteiger partial charge >= 0.3 is 5.97 Å². The summed E-state index contributed by atoms with van der Waals surface area (Å²) in [7, 11) is 0. The fraction of sp³-hybridized carbons (Fsp3) is 0.353. The average molecular weight is 299 g/mol. The van der Waals surface area contributed by atoms with Gasteiger partial charge in [-0.05, 0) is 31.9 Å². The molecule has 0 radical (unpaired) electrons. The second-order valence-corrected chi connectivity index (χ2v) is 5.44. The summed E-state index contributed by atoms with van der Waals surface area (Å²) in [5, 5.41) is 0. The van der Waals surface area contributed by atoms with Crippen molar-refractivity contribution in [2.24, 2.45) is 0 Å². The molecule has 3 N–H and O–H groups in total. The molecule has 116 valence electrons. The average Bonchev–Trinajstić information content (AvgIpc) is 3.17. The fourth-order valence-electron chi connectivity index (χ4n) is 2.93. The van der Waals surface area contributed by atoms with Crippen molar-refractivity contribution in [3.63, 3.8) is 0 Å². The minimum absolute atomic E-state index is 0.336. The van der Waals surface area contributed by atoms with Gasteiger partial charge in [-0.1, -0.05) is 18.2 Å². The molecule has 0 unspecified atom stereocenters. The minimum atomic E-state index is -0.388. The molecule has 3 rings (SSSR count). The zero-order chi connectivity index (χ0) is 15.5. The maximum atomic E-state index is 11.9. The molecule has 0 amide bonds. The first-order valence-electron chi connectivity index (χ1n) is 7.70. The van der Waals surface area contributed by atoms with Crippen LogP contribution in [0.1, 0.15) is 30.1 Å². The largest absolute Gasteiger partial charge is 0.462 e. The van der Waals surface area contributed by atoms with Gasteiger partial charge in [0.05, 0.1) is 6.61 Å². The summed E-state index contributed by atoms with van der Waals surface area (Å²) in [4.78, 5) is 17.4. The van der Waals surface area contributed by atoms with Crippen LogP contribution in [0.15, 0.2) is 30.3 Å². The van der Waals surface area contributed by atoms with Crippen molar-refractivity contribution in [3.05, 3.63) is 35.9 Å². The van der Waals surface area contributed by atoms with Crippen molar-refractivity contribution in [1.82, 2.24) is 4.98 Å². The van der Waals surface area contributed by atoms with Crippen LogP contribution in [0.3, 0.4) is 0 Å². The van der Waals surface area contributed by atoms with Crippen LogP contribution in [-0.4, -0.2) is 30.6 Å². The normalized spacial score (nSPS) is 14.3. The molecule has 1 aromatic heterocycles. The predicted molar refractivity (Wildman–Crippen MR) is 88.0 cm³/mol. The smallest absolute Gasteiger partial charge is 0.341 e. The highest BCUT2D eigenvalue weighted by atomic mass is 16.5. The molecule has 0 spiro atoms. The van der Waals surface area contributed by atoms with Gasteiger partial charge in [0.25, 0.3) is 0 Å². The fourth-order valence-corrected chi connectivity index (χ4v) is 2.93. The van der Waals surface area contributed by atoms with E-state index in [-0.39, 0.29) is 5.97 Å². The van der Waals surface area contributed by atoms with E-state index in [1.165, 1.54) is 18.5 Å². The Labute approximate surface area is 130 Å². The number of H-pyrrole nitrogens is 1. The number of aromatic nitrogens is 1. The maximum Gasteiger partial charge on any atom is 0.341 e. The van der Waals surface area contributed by atoms with Gasteiger partial charge in [-0.15, -0.1) is 0 Å². The Balaban J connectivity index is 1.98. The SMILES string of the molecule is CCOC(=O)c1cc(-c2ccccc2N2CCCC2)[nH]c1N. The summed E-state index contributed by atoms with van der Waals surface area (Å²) < 4.78 is 5.04. The number of ether oxygens (including phenoxy) is 1. The molecule has 2 aromatic rings. The zero-order valence-electron chi connectivity index (χ0n) is 12.8. The molecule has 0 bridgehead atoms. The Morgan fingerprint density at radius 1 is 1.32 bits per heavy atom. The van der Waals surface area contributed by atoms with Crippen LogP contribution in [0.5, 0.6) is 0 Å². The molecule has 2 heterocycles. The Morgan fingerprint density at radius 2 is 2.05 bits per heavy atom. The second kappa shape index (κ2) is 6.13. The molecule has 0 saturated carbocycles. The number of nitrogen functional groups attached to an aromatic ring is 1. The number of hydrogen-bond donors (Lipinski definition) is 2. The van der Waals surface area contributed by atoms with Crippen molar-refractivity contribution in [2.45, 2.75) is 19.8 Å². The van der Waals surface area contributed by atoms with Crippen molar-refractivity contribution in [2.75, 3.05) is 30.3 Å². The van der Waals surface area contributed by atoms with E-state index in [1.54, 1.807) is 13.0 Å². The van der Waals surface area contributed by atoms with Gasteiger partial charge in [-0.2, -0.15) is 0 Å². The maximum absolute atomic E-state index is 11.9. The van der Waals surface area contributed by atoms with Crippen LogP contribution in [0.4, 0.5) is 11.5 Å². The zero-order valence-corrected chi connectivity index (χ0v) is 12.8. The molecule has 0 aliphatic carbocycles. The minimum Gasteiger partial charge on any atom is -0.462 e. The van der Waals surface area contributed by atoms with Gasteiger partial charge in [0.15, 0.2) is 0 Å². The van der Waals surface area contributed by atoms with Crippen LogP contribution in [0.25, 0.3) is 11.3 Å². The van der Waals surface area contributed by atoms with E-state index in [0.29, 0.717) is 18.0 Å². The monoisotopic (exact) mass is 299 g/mol. The van der Waals surface area contributed by atoms with Gasteiger partial charge in [-0.3, -0.25) is 0 Å². The number of rotatable bonds is 4. The van der Waals surface area contributed by atoms with Gasteiger partial charge < -0.3 is 20.4 Å². The Hall–Kier alpha value is -2.43. The van der Waals surface area contributed by atoms with Crippen LogP contribution in [-0.2, 0) is 4.74 Å². The highest BCUT2D eigenvalue weighted by Crippen LogP contribution is 2.33. The second-order valence-electron chi connectivity index (χ2n) is 5.44. The lowest BCUT2D eigenvalue weighted by molar-refractivity contribution is 0.0528. The van der Waals surface area contributed by atoms with Gasteiger partial charge in [0.1, 0.15) is 11.4 Å². The highest BCUT2D eigenvalue weighted by Gasteiger charge is 2.20. The van der Waals surface area contributed by atoms with Gasteiger partial charge in [0.2, 0.25) is 0 Å². The Morgan fingerprint density at radius 3 is 2.77 bits per heavy atom. The quantitative estimate of drug-likeness (QED) is 0.851. The molecule has 5 heteroatoms. The van der Waals surface area contributed by atoms with E-state index in [2.05, 4.69) is 16.0 Å². The number of nitrogens with zero attached hydrogens (tertiary/aromatic N) is 1. The van der Waals surface area contributed by atoms with E-state index in [4.69, 9.17) is 10.5 Å². The van der Waals surface area contributed by atoms with Crippen LogP contribution in [0, 0.1) is 0 Å². The molecule has 1 aliphatic heterocycles. The van der Waals surface area contributed by atoms with E-state index >= 15 is 0 Å². The van der Waals surface area contributed by atoms with Crippen LogP contribution >= 0.6 is 0 Å².